The van der Waals surface area contributed by atoms with Gasteiger partial charge < -0.3 is 10.6 Å². The number of pyridine rings is 1. The second-order valence-electron chi connectivity index (χ2n) is 5.34. The average Bonchev–Trinajstić information content (AvgIpc) is 3.16. The third-order valence-corrected chi connectivity index (χ3v) is 3.78. The van der Waals surface area contributed by atoms with Crippen LogP contribution >= 0.6 is 0 Å². The first kappa shape index (κ1) is 13.1. The van der Waals surface area contributed by atoms with Crippen molar-refractivity contribution in [3.63, 3.8) is 0 Å². The first-order valence-electron chi connectivity index (χ1n) is 7.22. The fraction of sp³-hybridized carbons (Fsp3) is 0.267. The number of halogens is 1. The summed E-state index contributed by atoms with van der Waals surface area (Å²) in [5.41, 5.74) is 2.04. The topological polar surface area (TPSA) is 67.1 Å². The van der Waals surface area contributed by atoms with Gasteiger partial charge in [-0.1, -0.05) is 0 Å². The van der Waals surface area contributed by atoms with Crippen molar-refractivity contribution in [2.45, 2.75) is 12.5 Å². The molecule has 3 aromatic heterocycles. The molecule has 3 aromatic rings. The molecule has 0 amide bonds. The Bertz CT molecular complexity index is 809. The second kappa shape index (κ2) is 5.34. The maximum absolute atomic E-state index is 13.2. The summed E-state index contributed by atoms with van der Waals surface area (Å²) in [6, 6.07) is 3.17. The lowest BCUT2D eigenvalue weighted by molar-refractivity contribution is 0.626. The molecule has 4 heterocycles. The van der Waals surface area contributed by atoms with Gasteiger partial charge in [-0.05, 0) is 19.0 Å². The van der Waals surface area contributed by atoms with Crippen LogP contribution in [0.4, 0.5) is 10.2 Å². The molecule has 0 aromatic carbocycles. The molecule has 4 rings (SSSR count). The van der Waals surface area contributed by atoms with E-state index in [0.717, 1.165) is 31.0 Å². The molecule has 1 atom stereocenters. The van der Waals surface area contributed by atoms with Crippen LogP contribution < -0.4 is 10.6 Å². The monoisotopic (exact) mass is 298 g/mol. The summed E-state index contributed by atoms with van der Waals surface area (Å²) in [7, 11) is 0. The molecular formula is C15H15FN6. The minimum Gasteiger partial charge on any atom is -0.365 e. The minimum absolute atomic E-state index is 0.306. The summed E-state index contributed by atoms with van der Waals surface area (Å²) in [5, 5.41) is 6.68. The van der Waals surface area contributed by atoms with Crippen LogP contribution in [0.2, 0.25) is 0 Å². The minimum atomic E-state index is -0.306. The van der Waals surface area contributed by atoms with Crippen molar-refractivity contribution < 1.29 is 4.39 Å². The number of rotatable bonds is 3. The van der Waals surface area contributed by atoms with E-state index in [-0.39, 0.29) is 5.82 Å². The van der Waals surface area contributed by atoms with Gasteiger partial charge in [-0.3, -0.25) is 9.38 Å². The van der Waals surface area contributed by atoms with Gasteiger partial charge in [-0.2, -0.15) is 0 Å². The number of hydrogen-bond donors (Lipinski definition) is 2. The Kier molecular flexibility index (Phi) is 3.19. The normalized spacial score (nSPS) is 18.0. The lowest BCUT2D eigenvalue weighted by Crippen LogP contribution is -2.22. The van der Waals surface area contributed by atoms with Crippen molar-refractivity contribution in [2.75, 3.05) is 18.4 Å². The zero-order valence-electron chi connectivity index (χ0n) is 11.8. The van der Waals surface area contributed by atoms with E-state index >= 15 is 0 Å². The molecule has 0 bridgehead atoms. The highest BCUT2D eigenvalue weighted by Gasteiger charge is 2.15. The van der Waals surface area contributed by atoms with Gasteiger partial charge in [0, 0.05) is 24.8 Å². The molecule has 0 aliphatic carbocycles. The van der Waals surface area contributed by atoms with E-state index in [0.29, 0.717) is 17.4 Å². The van der Waals surface area contributed by atoms with Gasteiger partial charge in [-0.15, -0.1) is 0 Å². The number of anilines is 1. The van der Waals surface area contributed by atoms with Crippen molar-refractivity contribution in [3.8, 4) is 11.4 Å². The number of aromatic nitrogens is 4. The molecule has 112 valence electrons. The fourth-order valence-electron chi connectivity index (χ4n) is 2.69. The Morgan fingerprint density at radius 2 is 2.27 bits per heavy atom. The second-order valence-corrected chi connectivity index (χ2v) is 5.34. The maximum Gasteiger partial charge on any atom is 0.145 e. The number of nitrogens with zero attached hydrogens (tertiary/aromatic N) is 4. The summed E-state index contributed by atoms with van der Waals surface area (Å²) in [6.45, 7) is 1.95. The third-order valence-electron chi connectivity index (χ3n) is 3.78. The molecule has 1 fully saturated rings. The Morgan fingerprint density at radius 1 is 1.32 bits per heavy atom. The number of imidazole rings is 1. The molecule has 22 heavy (non-hydrogen) atoms. The zero-order chi connectivity index (χ0) is 14.9. The van der Waals surface area contributed by atoms with Gasteiger partial charge >= 0.3 is 0 Å². The maximum atomic E-state index is 13.2. The molecule has 2 N–H and O–H groups in total. The highest BCUT2D eigenvalue weighted by molar-refractivity contribution is 5.60. The molecular weight excluding hydrogens is 283 g/mol. The zero-order valence-corrected chi connectivity index (χ0v) is 11.8. The predicted octanol–water partition coefficient (Wildman–Crippen LogP) is 1.70. The first-order chi connectivity index (χ1) is 10.8. The predicted molar refractivity (Wildman–Crippen MR) is 81.1 cm³/mol. The van der Waals surface area contributed by atoms with Gasteiger partial charge in [-0.25, -0.2) is 14.4 Å². The van der Waals surface area contributed by atoms with Crippen LogP contribution in [0, 0.1) is 5.82 Å². The van der Waals surface area contributed by atoms with Crippen molar-refractivity contribution in [3.05, 3.63) is 42.7 Å². The smallest absolute Gasteiger partial charge is 0.145 e. The van der Waals surface area contributed by atoms with Crippen molar-refractivity contribution in [1.82, 2.24) is 24.7 Å². The van der Waals surface area contributed by atoms with Crippen LogP contribution in [0.15, 0.2) is 36.9 Å². The van der Waals surface area contributed by atoms with Crippen molar-refractivity contribution in [2.24, 2.45) is 0 Å². The molecule has 0 spiro atoms. The van der Waals surface area contributed by atoms with Gasteiger partial charge in [0.15, 0.2) is 0 Å². The number of fused-ring (bicyclic) bond motifs is 1. The Hall–Kier alpha value is -2.54. The lowest BCUT2D eigenvalue weighted by atomic mass is 10.2. The van der Waals surface area contributed by atoms with Gasteiger partial charge in [0.25, 0.3) is 0 Å². The van der Waals surface area contributed by atoms with E-state index < -0.39 is 0 Å². The summed E-state index contributed by atoms with van der Waals surface area (Å²) in [6.07, 6.45) is 7.80. The van der Waals surface area contributed by atoms with E-state index in [9.17, 15) is 4.39 Å². The van der Waals surface area contributed by atoms with Crippen LogP contribution in [0.25, 0.3) is 17.0 Å². The summed E-state index contributed by atoms with van der Waals surface area (Å²) in [5.74, 6) is 0.433. The standard InChI is InChI=1S/C15H15FN6/c16-10-2-4-22-13(8-19-15(22)5-10)12-7-18-9-14(21-12)20-11-1-3-17-6-11/h2,4-5,7-9,11,17H,1,3,6H2,(H,20,21). The summed E-state index contributed by atoms with van der Waals surface area (Å²) < 4.78 is 15.0. The van der Waals surface area contributed by atoms with Crippen LogP contribution in [0.5, 0.6) is 0 Å². The Balaban J connectivity index is 1.68. The fourth-order valence-corrected chi connectivity index (χ4v) is 2.69. The van der Waals surface area contributed by atoms with Crippen LogP contribution in [-0.2, 0) is 0 Å². The van der Waals surface area contributed by atoms with Crippen LogP contribution in [0.3, 0.4) is 0 Å². The van der Waals surface area contributed by atoms with Crippen molar-refractivity contribution >= 4 is 11.5 Å². The molecule has 1 unspecified atom stereocenters. The van der Waals surface area contributed by atoms with Crippen LogP contribution in [0.1, 0.15) is 6.42 Å². The number of nitrogens with one attached hydrogen (secondary N) is 2. The van der Waals surface area contributed by atoms with E-state index in [1.807, 2.05) is 0 Å². The van der Waals surface area contributed by atoms with E-state index in [2.05, 4.69) is 25.6 Å². The molecule has 1 aliphatic heterocycles. The molecule has 0 radical (unpaired) electrons. The van der Waals surface area contributed by atoms with E-state index in [1.165, 1.54) is 12.1 Å². The molecule has 6 nitrogen and oxygen atoms in total. The number of hydrogen-bond acceptors (Lipinski definition) is 5. The molecule has 7 heteroatoms. The van der Waals surface area contributed by atoms with E-state index in [4.69, 9.17) is 0 Å². The van der Waals surface area contributed by atoms with Gasteiger partial charge in [0.05, 0.1) is 24.3 Å². The first-order valence-corrected chi connectivity index (χ1v) is 7.22. The molecule has 0 saturated carbocycles. The van der Waals surface area contributed by atoms with E-state index in [1.54, 1.807) is 29.2 Å². The van der Waals surface area contributed by atoms with Gasteiger partial charge in [0.1, 0.15) is 23.0 Å². The third kappa shape index (κ3) is 2.39. The van der Waals surface area contributed by atoms with Gasteiger partial charge in [0.2, 0.25) is 0 Å². The lowest BCUT2D eigenvalue weighted by Gasteiger charge is -2.12. The summed E-state index contributed by atoms with van der Waals surface area (Å²) in [4.78, 5) is 13.1. The Morgan fingerprint density at radius 3 is 3.14 bits per heavy atom. The highest BCUT2D eigenvalue weighted by Crippen LogP contribution is 2.20. The largest absolute Gasteiger partial charge is 0.365 e. The summed E-state index contributed by atoms with van der Waals surface area (Å²) >= 11 is 0. The molecule has 1 aliphatic rings. The Labute approximate surface area is 126 Å². The average molecular weight is 298 g/mol. The van der Waals surface area contributed by atoms with Crippen molar-refractivity contribution in [1.29, 1.82) is 0 Å². The SMILES string of the molecule is Fc1ccn2c(-c3cncc(NC4CCNC4)n3)cnc2c1. The highest BCUT2D eigenvalue weighted by atomic mass is 19.1. The quantitative estimate of drug-likeness (QED) is 0.770. The van der Waals surface area contributed by atoms with Crippen LogP contribution in [-0.4, -0.2) is 38.5 Å². The molecule has 1 saturated heterocycles.